The van der Waals surface area contributed by atoms with Gasteiger partial charge in [0.15, 0.2) is 5.75 Å². The van der Waals surface area contributed by atoms with Crippen LogP contribution in [0.2, 0.25) is 13.1 Å². The SMILES string of the molecule is CCCC[P+](CCCC)(CCCC)c1cc(O)ccc1OC[Si](C)(C)OC.[Br-]. The Hall–Kier alpha value is -0.0931. The topological polar surface area (TPSA) is 38.7 Å². The van der Waals surface area contributed by atoms with E-state index in [1.165, 1.54) is 62.3 Å². The monoisotopic (exact) mass is 492 g/mol. The zero-order valence-corrected chi connectivity index (χ0v) is 22.4. The summed E-state index contributed by atoms with van der Waals surface area (Å²) < 4.78 is 12.0. The average Bonchev–Trinajstić information content (AvgIpc) is 2.67. The highest BCUT2D eigenvalue weighted by Crippen LogP contribution is 2.61. The third-order valence-electron chi connectivity index (χ3n) is 5.40. The lowest BCUT2D eigenvalue weighted by atomic mass is 10.3. The first kappa shape index (κ1) is 27.9. The highest BCUT2D eigenvalue weighted by molar-refractivity contribution is 7.83. The molecule has 0 atom stereocenters. The van der Waals surface area contributed by atoms with Gasteiger partial charge in [0, 0.05) is 13.2 Å². The highest BCUT2D eigenvalue weighted by atomic mass is 79.9. The summed E-state index contributed by atoms with van der Waals surface area (Å²) in [5.41, 5.74) is 0. The molecular formula is C22H42BrO3PSi. The molecule has 164 valence electrons. The minimum atomic E-state index is -1.80. The van der Waals surface area contributed by atoms with E-state index in [1.54, 1.807) is 13.2 Å². The molecule has 0 bridgehead atoms. The molecule has 28 heavy (non-hydrogen) atoms. The molecule has 0 fully saturated rings. The van der Waals surface area contributed by atoms with Gasteiger partial charge in [0.2, 0.25) is 8.32 Å². The third kappa shape index (κ3) is 8.73. The largest absolute Gasteiger partial charge is 1.00 e. The van der Waals surface area contributed by atoms with Crippen molar-refractivity contribution in [1.82, 2.24) is 0 Å². The van der Waals surface area contributed by atoms with Crippen LogP contribution in [0.1, 0.15) is 59.3 Å². The number of phenolic OH excluding ortho intramolecular Hbond substituents is 1. The first-order valence-electron chi connectivity index (χ1n) is 10.7. The third-order valence-corrected chi connectivity index (χ3v) is 12.2. The number of halogens is 1. The molecule has 1 rings (SSSR count). The molecule has 0 aliphatic carbocycles. The normalized spacial score (nSPS) is 11.9. The van der Waals surface area contributed by atoms with Gasteiger partial charge < -0.3 is 31.3 Å². The fraction of sp³-hybridized carbons (Fsp3) is 0.727. The molecule has 0 radical (unpaired) electrons. The molecule has 0 aliphatic heterocycles. The Morgan fingerprint density at radius 3 is 1.86 bits per heavy atom. The summed E-state index contributed by atoms with van der Waals surface area (Å²) >= 11 is 0. The molecule has 0 heterocycles. The van der Waals surface area contributed by atoms with Gasteiger partial charge in [-0.15, -0.1) is 0 Å². The van der Waals surface area contributed by atoms with Crippen LogP contribution in [0.5, 0.6) is 11.5 Å². The van der Waals surface area contributed by atoms with Crippen molar-refractivity contribution in [3.63, 3.8) is 0 Å². The lowest BCUT2D eigenvalue weighted by molar-refractivity contribution is -0.00000796. The van der Waals surface area contributed by atoms with Crippen molar-refractivity contribution in [3.8, 4) is 11.5 Å². The number of unbranched alkanes of at least 4 members (excludes halogenated alkanes) is 3. The van der Waals surface area contributed by atoms with Gasteiger partial charge >= 0.3 is 0 Å². The maximum absolute atomic E-state index is 10.3. The summed E-state index contributed by atoms with van der Waals surface area (Å²) in [5.74, 6) is 1.36. The molecule has 3 nitrogen and oxygen atoms in total. The standard InChI is InChI=1S/C22H41O3PSi.BrH/c1-7-10-15-26(16-11-8-2,17-12-9-3)22-18-20(23)13-14-21(22)25-19-27(5,6)24-4;/h13-14,18H,7-12,15-17,19H2,1-6H3;1H. The number of phenols is 1. The van der Waals surface area contributed by atoms with Crippen LogP contribution in [-0.4, -0.2) is 45.2 Å². The van der Waals surface area contributed by atoms with Gasteiger partial charge in [-0.3, -0.25) is 0 Å². The van der Waals surface area contributed by atoms with E-state index in [9.17, 15) is 5.11 Å². The Bertz CT molecular complexity index is 533. The first-order chi connectivity index (χ1) is 12.8. The second-order valence-corrected chi connectivity index (χ2v) is 16.6. The minimum Gasteiger partial charge on any atom is -1.00 e. The van der Waals surface area contributed by atoms with E-state index in [-0.39, 0.29) is 17.0 Å². The molecule has 0 saturated carbocycles. The van der Waals surface area contributed by atoms with Gasteiger partial charge in [0.05, 0.1) is 25.7 Å². The second kappa shape index (κ2) is 14.0. The molecule has 1 N–H and O–H groups in total. The van der Waals surface area contributed by atoms with Crippen molar-refractivity contribution in [2.75, 3.05) is 31.8 Å². The molecule has 1 aromatic rings. The van der Waals surface area contributed by atoms with Crippen LogP contribution >= 0.6 is 7.26 Å². The molecule has 0 aliphatic rings. The van der Waals surface area contributed by atoms with E-state index < -0.39 is 15.6 Å². The molecule has 0 amide bonds. The van der Waals surface area contributed by atoms with Gasteiger partial charge in [-0.1, -0.05) is 40.0 Å². The van der Waals surface area contributed by atoms with Gasteiger partial charge in [-0.25, -0.2) is 0 Å². The summed E-state index contributed by atoms with van der Waals surface area (Å²) in [7, 11) is -1.38. The van der Waals surface area contributed by atoms with E-state index in [0.717, 1.165) is 5.75 Å². The fourth-order valence-electron chi connectivity index (χ4n) is 3.39. The number of rotatable bonds is 14. The van der Waals surface area contributed by atoms with Crippen molar-refractivity contribution in [1.29, 1.82) is 0 Å². The second-order valence-electron chi connectivity index (χ2n) is 8.28. The average molecular weight is 494 g/mol. The van der Waals surface area contributed by atoms with E-state index in [1.807, 2.05) is 12.1 Å². The Morgan fingerprint density at radius 1 is 0.929 bits per heavy atom. The Labute approximate surface area is 185 Å². The van der Waals surface area contributed by atoms with E-state index in [0.29, 0.717) is 12.0 Å². The van der Waals surface area contributed by atoms with Crippen LogP contribution < -0.4 is 27.0 Å². The van der Waals surface area contributed by atoms with E-state index in [2.05, 4.69) is 33.9 Å². The summed E-state index contributed by atoms with van der Waals surface area (Å²) in [6.07, 6.45) is 11.9. The smallest absolute Gasteiger partial charge is 0.224 e. The highest BCUT2D eigenvalue weighted by Gasteiger charge is 2.41. The number of hydrogen-bond acceptors (Lipinski definition) is 3. The van der Waals surface area contributed by atoms with Crippen LogP contribution in [0, 0.1) is 0 Å². The van der Waals surface area contributed by atoms with Crippen molar-refractivity contribution in [2.45, 2.75) is 72.4 Å². The van der Waals surface area contributed by atoms with Gasteiger partial charge in [0.1, 0.15) is 17.3 Å². The molecule has 0 spiro atoms. The van der Waals surface area contributed by atoms with Gasteiger partial charge in [0.25, 0.3) is 0 Å². The molecule has 0 unspecified atom stereocenters. The van der Waals surface area contributed by atoms with Gasteiger partial charge in [-0.2, -0.15) is 0 Å². The van der Waals surface area contributed by atoms with Crippen molar-refractivity contribution in [3.05, 3.63) is 18.2 Å². The van der Waals surface area contributed by atoms with Crippen LogP contribution in [0.25, 0.3) is 0 Å². The molecule has 0 saturated heterocycles. The van der Waals surface area contributed by atoms with Crippen LogP contribution in [0.4, 0.5) is 0 Å². The minimum absolute atomic E-state index is 0. The van der Waals surface area contributed by atoms with E-state index >= 15 is 0 Å². The molecular weight excluding hydrogens is 451 g/mol. The maximum atomic E-state index is 10.3. The quantitative estimate of drug-likeness (QED) is 0.320. The first-order valence-corrected chi connectivity index (χ1v) is 16.2. The van der Waals surface area contributed by atoms with Crippen LogP contribution in [0.15, 0.2) is 18.2 Å². The Morgan fingerprint density at radius 2 is 1.43 bits per heavy atom. The predicted octanol–water partition coefficient (Wildman–Crippen LogP) is 3.21. The predicted molar refractivity (Wildman–Crippen MR) is 124 cm³/mol. The number of benzene rings is 1. The molecule has 0 aromatic heterocycles. The summed E-state index contributed by atoms with van der Waals surface area (Å²) in [6, 6.07) is 5.78. The number of ether oxygens (including phenoxy) is 1. The lowest BCUT2D eigenvalue weighted by Crippen LogP contribution is -3.00. The summed E-state index contributed by atoms with van der Waals surface area (Å²) in [5, 5.41) is 11.6. The van der Waals surface area contributed by atoms with Crippen LogP contribution in [-0.2, 0) is 4.43 Å². The Balaban J connectivity index is 0.00000729. The van der Waals surface area contributed by atoms with Crippen molar-refractivity contribution < 1.29 is 31.3 Å². The molecule has 6 heteroatoms. The summed E-state index contributed by atoms with van der Waals surface area (Å²) in [6.45, 7) is 11.2. The van der Waals surface area contributed by atoms with E-state index in [4.69, 9.17) is 9.16 Å². The van der Waals surface area contributed by atoms with Crippen molar-refractivity contribution in [2.24, 2.45) is 0 Å². The lowest BCUT2D eigenvalue weighted by Gasteiger charge is -2.30. The summed E-state index contributed by atoms with van der Waals surface area (Å²) in [4.78, 5) is 0. The van der Waals surface area contributed by atoms with Crippen molar-refractivity contribution >= 4 is 20.9 Å². The molecule has 1 aromatic carbocycles. The van der Waals surface area contributed by atoms with Gasteiger partial charge in [-0.05, 0) is 44.5 Å². The zero-order chi connectivity index (χ0) is 20.3. The maximum Gasteiger partial charge on any atom is 0.224 e. The number of hydrogen-bond donors (Lipinski definition) is 1. The number of aromatic hydroxyl groups is 1. The van der Waals surface area contributed by atoms with Crippen LogP contribution in [0.3, 0.4) is 0 Å². The Kier molecular flexibility index (Phi) is 14.0. The fourth-order valence-corrected chi connectivity index (χ4v) is 9.18. The zero-order valence-electron chi connectivity index (χ0n) is 18.9.